The van der Waals surface area contributed by atoms with Crippen LogP contribution in [0.3, 0.4) is 0 Å². The van der Waals surface area contributed by atoms with E-state index in [1.54, 1.807) is 31.4 Å². The van der Waals surface area contributed by atoms with Crippen LogP contribution in [0.1, 0.15) is 49.0 Å². The number of nitrogens with one attached hydrogen (secondary N) is 2. The zero-order valence-electron chi connectivity index (χ0n) is 18.3. The summed E-state index contributed by atoms with van der Waals surface area (Å²) in [6.07, 6.45) is 2.61. The molecule has 0 fully saturated rings. The van der Waals surface area contributed by atoms with Gasteiger partial charge in [-0.3, -0.25) is 9.59 Å². The van der Waals surface area contributed by atoms with E-state index in [9.17, 15) is 14.4 Å². The van der Waals surface area contributed by atoms with Crippen molar-refractivity contribution in [1.29, 1.82) is 0 Å². The lowest BCUT2D eigenvalue weighted by Gasteiger charge is -2.14. The maximum absolute atomic E-state index is 12.4. The molecule has 166 valence electrons. The molecule has 0 aliphatic heterocycles. The Labute approximate surface area is 183 Å². The highest BCUT2D eigenvalue weighted by atomic mass is 16.5. The molecular formula is C24H30N2O5. The molecule has 0 unspecified atom stereocenters. The molecular weight excluding hydrogens is 396 g/mol. The molecule has 0 saturated heterocycles. The van der Waals surface area contributed by atoms with Gasteiger partial charge in [-0.1, -0.05) is 37.6 Å². The van der Waals surface area contributed by atoms with Gasteiger partial charge < -0.3 is 20.1 Å². The van der Waals surface area contributed by atoms with Gasteiger partial charge in [-0.15, -0.1) is 0 Å². The molecule has 0 spiro atoms. The number of para-hydroxylation sites is 1. The van der Waals surface area contributed by atoms with Crippen molar-refractivity contribution in [3.8, 4) is 5.75 Å². The Morgan fingerprint density at radius 2 is 1.71 bits per heavy atom. The molecule has 2 amide bonds. The maximum Gasteiger partial charge on any atom is 0.340 e. The maximum atomic E-state index is 12.4. The highest BCUT2D eigenvalue weighted by Gasteiger charge is 2.16. The van der Waals surface area contributed by atoms with Crippen molar-refractivity contribution in [2.24, 2.45) is 0 Å². The summed E-state index contributed by atoms with van der Waals surface area (Å²) in [4.78, 5) is 36.7. The van der Waals surface area contributed by atoms with Gasteiger partial charge in [0.1, 0.15) is 5.75 Å². The van der Waals surface area contributed by atoms with Gasteiger partial charge in [0, 0.05) is 12.5 Å². The Morgan fingerprint density at radius 3 is 2.39 bits per heavy atom. The summed E-state index contributed by atoms with van der Waals surface area (Å²) in [7, 11) is 1.60. The van der Waals surface area contributed by atoms with Crippen molar-refractivity contribution in [2.45, 2.75) is 45.6 Å². The van der Waals surface area contributed by atoms with E-state index in [2.05, 4.69) is 10.6 Å². The van der Waals surface area contributed by atoms with Crippen molar-refractivity contribution in [2.75, 3.05) is 19.0 Å². The summed E-state index contributed by atoms with van der Waals surface area (Å²) in [5.41, 5.74) is 1.56. The topological polar surface area (TPSA) is 93.7 Å². The Hall–Kier alpha value is -3.35. The number of aryl methyl sites for hydroxylation is 1. The molecule has 0 radical (unpaired) electrons. The van der Waals surface area contributed by atoms with Gasteiger partial charge in [0.05, 0.1) is 18.4 Å². The molecule has 0 saturated carbocycles. The van der Waals surface area contributed by atoms with Crippen molar-refractivity contribution in [1.82, 2.24) is 5.32 Å². The van der Waals surface area contributed by atoms with E-state index < -0.39 is 5.97 Å². The number of hydrogen-bond acceptors (Lipinski definition) is 5. The Balaban J connectivity index is 1.89. The summed E-state index contributed by atoms with van der Waals surface area (Å²) in [5, 5.41) is 5.54. The van der Waals surface area contributed by atoms with Crippen LogP contribution in [0.15, 0.2) is 48.5 Å². The monoisotopic (exact) mass is 426 g/mol. The lowest BCUT2D eigenvalue weighted by Crippen LogP contribution is -2.35. The van der Waals surface area contributed by atoms with Crippen molar-refractivity contribution in [3.63, 3.8) is 0 Å². The highest BCUT2D eigenvalue weighted by molar-refractivity contribution is 6.01. The predicted molar refractivity (Wildman–Crippen MR) is 119 cm³/mol. The number of hydrogen-bond donors (Lipinski definition) is 2. The molecule has 2 N–H and O–H groups in total. The molecule has 7 heteroatoms. The number of esters is 1. The first-order valence-corrected chi connectivity index (χ1v) is 10.4. The first kappa shape index (κ1) is 23.9. The Kier molecular flexibility index (Phi) is 9.55. The van der Waals surface area contributed by atoms with Crippen LogP contribution in [-0.2, 0) is 20.7 Å². The van der Waals surface area contributed by atoms with Crippen molar-refractivity contribution < 1.29 is 23.9 Å². The SMILES string of the molecule is CCC[C@H](C)NC(=O)COC(=O)c1ccccc1NC(=O)CCc1ccc(OC)cc1. The zero-order chi connectivity index (χ0) is 22.6. The number of carbonyl (C=O) groups excluding carboxylic acids is 3. The smallest absolute Gasteiger partial charge is 0.340 e. The fourth-order valence-electron chi connectivity index (χ4n) is 3.06. The van der Waals surface area contributed by atoms with Crippen LogP contribution in [0, 0.1) is 0 Å². The first-order chi connectivity index (χ1) is 14.9. The molecule has 0 aromatic heterocycles. The first-order valence-electron chi connectivity index (χ1n) is 10.4. The van der Waals surface area contributed by atoms with Gasteiger partial charge in [0.15, 0.2) is 6.61 Å². The third-order valence-corrected chi connectivity index (χ3v) is 4.68. The number of methoxy groups -OCH3 is 1. The van der Waals surface area contributed by atoms with Crippen molar-refractivity contribution in [3.05, 3.63) is 59.7 Å². The second-order valence-corrected chi connectivity index (χ2v) is 7.28. The minimum absolute atomic E-state index is 0.0217. The summed E-state index contributed by atoms with van der Waals surface area (Å²) < 4.78 is 10.3. The second-order valence-electron chi connectivity index (χ2n) is 7.28. The van der Waals surface area contributed by atoms with E-state index in [1.807, 2.05) is 38.1 Å². The van der Waals surface area contributed by atoms with Gasteiger partial charge in [0.2, 0.25) is 5.91 Å². The number of anilines is 1. The van der Waals surface area contributed by atoms with Crippen LogP contribution in [0.25, 0.3) is 0 Å². The predicted octanol–water partition coefficient (Wildman–Crippen LogP) is 3.73. The molecule has 2 rings (SSSR count). The van der Waals surface area contributed by atoms with E-state index in [0.717, 1.165) is 24.2 Å². The van der Waals surface area contributed by atoms with Gasteiger partial charge in [-0.05, 0) is 49.6 Å². The van der Waals surface area contributed by atoms with Gasteiger partial charge in [-0.25, -0.2) is 4.79 Å². The van der Waals surface area contributed by atoms with Gasteiger partial charge >= 0.3 is 5.97 Å². The highest BCUT2D eigenvalue weighted by Crippen LogP contribution is 2.17. The average Bonchev–Trinajstić information content (AvgIpc) is 2.77. The molecule has 0 bridgehead atoms. The fourth-order valence-corrected chi connectivity index (χ4v) is 3.06. The van der Waals surface area contributed by atoms with Crippen LogP contribution in [0.2, 0.25) is 0 Å². The van der Waals surface area contributed by atoms with Crippen LogP contribution in [-0.4, -0.2) is 37.5 Å². The second kappa shape index (κ2) is 12.4. The quantitative estimate of drug-likeness (QED) is 0.534. The Bertz CT molecular complexity index is 880. The van der Waals surface area contributed by atoms with Crippen LogP contribution >= 0.6 is 0 Å². The molecule has 31 heavy (non-hydrogen) atoms. The van der Waals surface area contributed by atoms with E-state index >= 15 is 0 Å². The normalized spacial score (nSPS) is 11.3. The molecule has 2 aromatic carbocycles. The number of carbonyl (C=O) groups is 3. The summed E-state index contributed by atoms with van der Waals surface area (Å²) in [6.45, 7) is 3.57. The van der Waals surface area contributed by atoms with Crippen molar-refractivity contribution >= 4 is 23.5 Å². The number of benzene rings is 2. The van der Waals surface area contributed by atoms with E-state index in [1.165, 1.54) is 0 Å². The largest absolute Gasteiger partial charge is 0.497 e. The van der Waals surface area contributed by atoms with Gasteiger partial charge in [-0.2, -0.15) is 0 Å². The van der Waals surface area contributed by atoms with Gasteiger partial charge in [0.25, 0.3) is 5.91 Å². The minimum atomic E-state index is -0.663. The standard InChI is InChI=1S/C24H30N2O5/c1-4-7-17(2)25-23(28)16-31-24(29)20-8-5-6-9-21(20)26-22(27)15-12-18-10-13-19(30-3)14-11-18/h5-6,8-11,13-14,17H,4,7,12,15-16H2,1-3H3,(H,25,28)(H,26,27)/t17-/m0/s1. The third kappa shape index (κ3) is 8.12. The number of ether oxygens (including phenoxy) is 2. The Morgan fingerprint density at radius 1 is 1.00 bits per heavy atom. The van der Waals surface area contributed by atoms with Crippen LogP contribution in [0.4, 0.5) is 5.69 Å². The summed E-state index contributed by atoms with van der Waals surface area (Å²) in [6, 6.07) is 14.1. The lowest BCUT2D eigenvalue weighted by atomic mass is 10.1. The molecule has 7 nitrogen and oxygen atoms in total. The zero-order valence-corrected chi connectivity index (χ0v) is 18.3. The molecule has 0 heterocycles. The average molecular weight is 427 g/mol. The minimum Gasteiger partial charge on any atom is -0.497 e. The summed E-state index contributed by atoms with van der Waals surface area (Å²) >= 11 is 0. The number of rotatable bonds is 11. The van der Waals surface area contributed by atoms with Crippen LogP contribution < -0.4 is 15.4 Å². The third-order valence-electron chi connectivity index (χ3n) is 4.68. The van der Waals surface area contributed by atoms with E-state index in [4.69, 9.17) is 9.47 Å². The molecule has 2 aromatic rings. The van der Waals surface area contributed by atoms with E-state index in [0.29, 0.717) is 12.1 Å². The summed E-state index contributed by atoms with van der Waals surface area (Å²) in [5.74, 6) is -0.476. The molecule has 0 aliphatic rings. The lowest BCUT2D eigenvalue weighted by molar-refractivity contribution is -0.124. The number of amides is 2. The van der Waals surface area contributed by atoms with E-state index in [-0.39, 0.29) is 36.4 Å². The molecule has 1 atom stereocenters. The van der Waals surface area contributed by atoms with Crippen LogP contribution in [0.5, 0.6) is 5.75 Å². The fraction of sp³-hybridized carbons (Fsp3) is 0.375. The molecule has 0 aliphatic carbocycles.